The Morgan fingerprint density at radius 3 is 2.82 bits per heavy atom. The minimum absolute atomic E-state index is 0.177. The van der Waals surface area contributed by atoms with Crippen molar-refractivity contribution in [2.45, 2.75) is 37.4 Å². The Labute approximate surface area is 101 Å². The molecule has 0 aromatic carbocycles. The topological polar surface area (TPSA) is 78.1 Å². The van der Waals surface area contributed by atoms with Crippen LogP contribution in [-0.2, 0) is 16.6 Å². The van der Waals surface area contributed by atoms with Crippen LogP contribution in [0.2, 0.25) is 0 Å². The lowest BCUT2D eigenvalue weighted by Crippen LogP contribution is -2.33. The molecule has 2 rings (SSSR count). The van der Waals surface area contributed by atoms with Crippen molar-refractivity contribution in [2.24, 2.45) is 0 Å². The quantitative estimate of drug-likeness (QED) is 0.769. The van der Waals surface area contributed by atoms with Crippen molar-refractivity contribution in [1.29, 1.82) is 0 Å². The van der Waals surface area contributed by atoms with Gasteiger partial charge in [0.1, 0.15) is 0 Å². The van der Waals surface area contributed by atoms with Gasteiger partial charge in [0.25, 0.3) is 10.0 Å². The molecule has 2 N–H and O–H groups in total. The standard InChI is InChI=1S/C10H18N4O2S/c1-3-14(9-4-5-9)17(15,16)10-8(6-11-2)7-12-13-10/h7,9,11H,3-6H2,1-2H3,(H,12,13). The molecule has 1 heterocycles. The fraction of sp³-hybridized carbons (Fsp3) is 0.700. The first-order valence-corrected chi connectivity index (χ1v) is 7.24. The smallest absolute Gasteiger partial charge is 0.260 e. The van der Waals surface area contributed by atoms with E-state index in [9.17, 15) is 8.42 Å². The van der Waals surface area contributed by atoms with E-state index in [1.54, 1.807) is 17.5 Å². The summed E-state index contributed by atoms with van der Waals surface area (Å²) >= 11 is 0. The monoisotopic (exact) mass is 258 g/mol. The molecule has 0 saturated heterocycles. The number of sulfonamides is 1. The SMILES string of the molecule is CCN(C1CC1)S(=O)(=O)c1[nH]ncc1CNC. The second-order valence-electron chi connectivity index (χ2n) is 4.19. The molecule has 1 saturated carbocycles. The fourth-order valence-corrected chi connectivity index (χ4v) is 3.75. The molecule has 0 unspecified atom stereocenters. The summed E-state index contributed by atoms with van der Waals surface area (Å²) < 4.78 is 26.4. The maximum absolute atomic E-state index is 12.4. The van der Waals surface area contributed by atoms with E-state index in [2.05, 4.69) is 15.5 Å². The Bertz CT molecular complexity index is 478. The molecular formula is C10H18N4O2S. The maximum Gasteiger partial charge on any atom is 0.260 e. The van der Waals surface area contributed by atoms with Gasteiger partial charge in [0.05, 0.1) is 6.20 Å². The molecule has 6 nitrogen and oxygen atoms in total. The van der Waals surface area contributed by atoms with Gasteiger partial charge in [-0.05, 0) is 19.9 Å². The number of nitrogens with zero attached hydrogens (tertiary/aromatic N) is 2. The summed E-state index contributed by atoms with van der Waals surface area (Å²) in [5.74, 6) is 0. The van der Waals surface area contributed by atoms with Crippen molar-refractivity contribution in [3.63, 3.8) is 0 Å². The largest absolute Gasteiger partial charge is 0.316 e. The maximum atomic E-state index is 12.4. The third-order valence-electron chi connectivity index (χ3n) is 2.88. The van der Waals surface area contributed by atoms with Gasteiger partial charge in [0.15, 0.2) is 5.03 Å². The zero-order chi connectivity index (χ0) is 12.5. The fourth-order valence-electron chi connectivity index (χ4n) is 1.94. The van der Waals surface area contributed by atoms with Gasteiger partial charge in [-0.3, -0.25) is 5.10 Å². The molecule has 0 amide bonds. The minimum atomic E-state index is -3.42. The number of aromatic amines is 1. The highest BCUT2D eigenvalue weighted by Gasteiger charge is 2.38. The van der Waals surface area contributed by atoms with Crippen molar-refractivity contribution in [2.75, 3.05) is 13.6 Å². The van der Waals surface area contributed by atoms with Gasteiger partial charge in [-0.15, -0.1) is 0 Å². The van der Waals surface area contributed by atoms with Crippen LogP contribution in [0.4, 0.5) is 0 Å². The normalized spacial score (nSPS) is 16.6. The Hall–Kier alpha value is -0.920. The Morgan fingerprint density at radius 2 is 2.29 bits per heavy atom. The molecule has 1 aliphatic rings. The van der Waals surface area contributed by atoms with Crippen LogP contribution in [0.5, 0.6) is 0 Å². The van der Waals surface area contributed by atoms with Crippen LogP contribution in [0.25, 0.3) is 0 Å². The summed E-state index contributed by atoms with van der Waals surface area (Å²) in [7, 11) is -1.64. The summed E-state index contributed by atoms with van der Waals surface area (Å²) in [4.78, 5) is 0. The predicted octanol–water partition coefficient (Wildman–Crippen LogP) is 0.302. The summed E-state index contributed by atoms with van der Waals surface area (Å²) in [6.07, 6.45) is 3.48. The highest BCUT2D eigenvalue weighted by Crippen LogP contribution is 2.31. The summed E-state index contributed by atoms with van der Waals surface area (Å²) in [6, 6.07) is 0.177. The average Bonchev–Trinajstić information content (AvgIpc) is 2.97. The molecule has 0 radical (unpaired) electrons. The first-order valence-electron chi connectivity index (χ1n) is 5.80. The first-order chi connectivity index (χ1) is 8.11. The number of hydrogen-bond donors (Lipinski definition) is 2. The van der Waals surface area contributed by atoms with E-state index in [1.807, 2.05) is 6.92 Å². The van der Waals surface area contributed by atoms with Crippen LogP contribution in [-0.4, -0.2) is 42.6 Å². The molecule has 0 atom stereocenters. The Balaban J connectivity index is 2.32. The van der Waals surface area contributed by atoms with Crippen molar-refractivity contribution in [1.82, 2.24) is 19.8 Å². The average molecular weight is 258 g/mol. The van der Waals surface area contributed by atoms with Crippen molar-refractivity contribution >= 4 is 10.0 Å². The van der Waals surface area contributed by atoms with Crippen LogP contribution in [0.15, 0.2) is 11.2 Å². The van der Waals surface area contributed by atoms with Gasteiger partial charge in [0.2, 0.25) is 0 Å². The molecule has 96 valence electrons. The molecule has 1 fully saturated rings. The highest BCUT2D eigenvalue weighted by atomic mass is 32.2. The summed E-state index contributed by atoms with van der Waals surface area (Å²) in [5, 5.41) is 9.61. The predicted molar refractivity (Wildman–Crippen MR) is 63.9 cm³/mol. The molecule has 1 aromatic heterocycles. The van der Waals surface area contributed by atoms with Gasteiger partial charge < -0.3 is 5.32 Å². The van der Waals surface area contributed by atoms with Gasteiger partial charge in [-0.2, -0.15) is 9.40 Å². The lowest BCUT2D eigenvalue weighted by Gasteiger charge is -2.19. The van der Waals surface area contributed by atoms with Crippen LogP contribution in [0.3, 0.4) is 0 Å². The summed E-state index contributed by atoms with van der Waals surface area (Å²) in [5.41, 5.74) is 0.687. The van der Waals surface area contributed by atoms with E-state index in [1.165, 1.54) is 0 Å². The molecule has 0 aliphatic heterocycles. The van der Waals surface area contributed by atoms with Crippen LogP contribution < -0.4 is 5.32 Å². The van der Waals surface area contributed by atoms with Crippen molar-refractivity contribution in [3.05, 3.63) is 11.8 Å². The van der Waals surface area contributed by atoms with E-state index in [-0.39, 0.29) is 11.1 Å². The van der Waals surface area contributed by atoms with E-state index >= 15 is 0 Å². The van der Waals surface area contributed by atoms with Gasteiger partial charge in [-0.1, -0.05) is 6.92 Å². The van der Waals surface area contributed by atoms with Crippen LogP contribution in [0, 0.1) is 0 Å². The number of H-pyrrole nitrogens is 1. The van der Waals surface area contributed by atoms with E-state index in [0.29, 0.717) is 18.7 Å². The third-order valence-corrected chi connectivity index (χ3v) is 4.92. The highest BCUT2D eigenvalue weighted by molar-refractivity contribution is 7.89. The lowest BCUT2D eigenvalue weighted by atomic mass is 10.4. The number of rotatable bonds is 6. The van der Waals surface area contributed by atoms with Crippen molar-refractivity contribution < 1.29 is 8.42 Å². The molecule has 17 heavy (non-hydrogen) atoms. The van der Waals surface area contributed by atoms with E-state index < -0.39 is 10.0 Å². The van der Waals surface area contributed by atoms with Crippen molar-refractivity contribution in [3.8, 4) is 0 Å². The second kappa shape index (κ2) is 4.75. The van der Waals surface area contributed by atoms with Gasteiger partial charge in [-0.25, -0.2) is 8.42 Å². The molecule has 1 aliphatic carbocycles. The van der Waals surface area contributed by atoms with Crippen LogP contribution >= 0.6 is 0 Å². The third kappa shape index (κ3) is 2.36. The zero-order valence-electron chi connectivity index (χ0n) is 10.1. The first kappa shape index (κ1) is 12.5. The van der Waals surface area contributed by atoms with Gasteiger partial charge >= 0.3 is 0 Å². The molecule has 0 bridgehead atoms. The van der Waals surface area contributed by atoms with E-state index in [4.69, 9.17) is 0 Å². The molecule has 1 aromatic rings. The number of aromatic nitrogens is 2. The van der Waals surface area contributed by atoms with E-state index in [0.717, 1.165) is 12.8 Å². The van der Waals surface area contributed by atoms with Crippen LogP contribution in [0.1, 0.15) is 25.3 Å². The lowest BCUT2D eigenvalue weighted by molar-refractivity contribution is 0.418. The Morgan fingerprint density at radius 1 is 1.59 bits per heavy atom. The summed E-state index contributed by atoms with van der Waals surface area (Å²) in [6.45, 7) is 2.86. The molecule has 7 heteroatoms. The number of nitrogens with one attached hydrogen (secondary N) is 2. The van der Waals surface area contributed by atoms with Gasteiger partial charge in [0, 0.05) is 24.7 Å². The second-order valence-corrected chi connectivity index (χ2v) is 6.02. The Kier molecular flexibility index (Phi) is 3.50. The number of hydrogen-bond acceptors (Lipinski definition) is 4. The zero-order valence-corrected chi connectivity index (χ0v) is 10.9. The molecule has 0 spiro atoms. The minimum Gasteiger partial charge on any atom is -0.316 e. The molecular weight excluding hydrogens is 240 g/mol.